The summed E-state index contributed by atoms with van der Waals surface area (Å²) in [7, 11) is 0. The van der Waals surface area contributed by atoms with Crippen LogP contribution in [0.3, 0.4) is 0 Å². The Balaban J connectivity index is 1.73. The third kappa shape index (κ3) is 3.17. The van der Waals surface area contributed by atoms with Gasteiger partial charge in [0, 0.05) is 10.6 Å². The molecule has 2 heterocycles. The van der Waals surface area contributed by atoms with Gasteiger partial charge in [-0.1, -0.05) is 53.7 Å². The average molecular weight is 370 g/mol. The number of aromatic nitrogens is 2. The summed E-state index contributed by atoms with van der Waals surface area (Å²) in [6.45, 7) is 2.59. The summed E-state index contributed by atoms with van der Waals surface area (Å²) >= 11 is 7.99. The predicted octanol–water partition coefficient (Wildman–Crippen LogP) is 5.18. The van der Waals surface area contributed by atoms with Crippen molar-refractivity contribution in [3.8, 4) is 5.75 Å². The number of thioether (sulfide) groups is 1. The van der Waals surface area contributed by atoms with Crippen LogP contribution in [0.15, 0.2) is 59.7 Å². The number of fused-ring (bicyclic) bond motifs is 1. The summed E-state index contributed by atoms with van der Waals surface area (Å²) < 4.78 is 1.90. The lowest BCUT2D eigenvalue weighted by Crippen LogP contribution is -2.07. The number of hydrogen-bond acceptors (Lipinski definition) is 4. The number of benzene rings is 2. The second-order valence-electron chi connectivity index (χ2n) is 5.89. The van der Waals surface area contributed by atoms with Gasteiger partial charge in [0.05, 0.1) is 23.0 Å². The van der Waals surface area contributed by atoms with Crippen LogP contribution in [0.2, 0.25) is 5.02 Å². The second kappa shape index (κ2) is 6.58. The molecule has 0 bridgehead atoms. The molecular weight excluding hydrogens is 354 g/mol. The number of phenolic OH excluding ortho intramolecular Hbond substituents is 1. The van der Waals surface area contributed by atoms with Crippen LogP contribution < -0.4 is 0 Å². The maximum atomic E-state index is 9.54. The first-order valence-electron chi connectivity index (χ1n) is 7.92. The molecule has 1 aliphatic heterocycles. The van der Waals surface area contributed by atoms with Crippen molar-refractivity contribution in [2.45, 2.75) is 18.7 Å². The van der Waals surface area contributed by atoms with Gasteiger partial charge in [-0.3, -0.25) is 0 Å². The fraction of sp³-hybridized carbons (Fsp3) is 0.158. The van der Waals surface area contributed by atoms with E-state index in [2.05, 4.69) is 5.10 Å². The highest BCUT2D eigenvalue weighted by atomic mass is 35.5. The SMILES string of the molecule is CC1=Nc2c(cnn2Cc2ccccc2Cl)[C@H](c2ccc(O)cc2)S1. The zero-order valence-corrected chi connectivity index (χ0v) is 15.1. The number of aliphatic imine (C=N–C) groups is 1. The molecule has 0 fully saturated rings. The molecule has 2 aromatic carbocycles. The quantitative estimate of drug-likeness (QED) is 0.692. The third-order valence-corrected chi connectivity index (χ3v) is 5.71. The van der Waals surface area contributed by atoms with Gasteiger partial charge in [-0.2, -0.15) is 5.10 Å². The van der Waals surface area contributed by atoms with Crippen molar-refractivity contribution in [2.75, 3.05) is 0 Å². The van der Waals surface area contributed by atoms with Gasteiger partial charge in [-0.15, -0.1) is 0 Å². The Kier molecular flexibility index (Phi) is 4.27. The molecule has 0 saturated carbocycles. The summed E-state index contributed by atoms with van der Waals surface area (Å²) in [5.41, 5.74) is 3.21. The molecule has 6 heteroatoms. The van der Waals surface area contributed by atoms with Crippen molar-refractivity contribution >= 4 is 34.2 Å². The van der Waals surface area contributed by atoms with Gasteiger partial charge in [0.1, 0.15) is 5.75 Å². The first-order chi connectivity index (χ1) is 12.1. The van der Waals surface area contributed by atoms with E-state index in [0.29, 0.717) is 6.54 Å². The molecule has 3 aromatic rings. The smallest absolute Gasteiger partial charge is 0.156 e. The summed E-state index contributed by atoms with van der Waals surface area (Å²) in [5, 5.41) is 15.9. The van der Waals surface area contributed by atoms with Gasteiger partial charge in [0.15, 0.2) is 5.82 Å². The summed E-state index contributed by atoms with van der Waals surface area (Å²) in [5.74, 6) is 1.14. The Labute approximate surface area is 155 Å². The van der Waals surface area contributed by atoms with Crippen LogP contribution in [0.5, 0.6) is 5.75 Å². The fourth-order valence-corrected chi connectivity index (χ4v) is 4.17. The van der Waals surface area contributed by atoms with E-state index in [1.54, 1.807) is 23.9 Å². The minimum atomic E-state index is 0.119. The first-order valence-corrected chi connectivity index (χ1v) is 9.17. The molecular formula is C19H16ClN3OS. The Hall–Kier alpha value is -2.24. The molecule has 4 nitrogen and oxygen atoms in total. The van der Waals surface area contributed by atoms with E-state index in [1.165, 1.54) is 0 Å². The Morgan fingerprint density at radius 3 is 2.68 bits per heavy atom. The average Bonchev–Trinajstić information content (AvgIpc) is 3.00. The van der Waals surface area contributed by atoms with Gasteiger partial charge >= 0.3 is 0 Å². The molecule has 1 aromatic heterocycles. The van der Waals surface area contributed by atoms with Crippen molar-refractivity contribution in [1.82, 2.24) is 9.78 Å². The van der Waals surface area contributed by atoms with Crippen LogP contribution in [-0.2, 0) is 6.54 Å². The standard InChI is InChI=1S/C19H16ClN3OS/c1-12-22-19-16(18(25-12)13-6-8-15(24)9-7-13)10-21-23(19)11-14-4-2-3-5-17(14)20/h2-10,18,24H,11H2,1H3/t18-/m0/s1. The molecule has 0 spiro atoms. The van der Waals surface area contributed by atoms with Crippen molar-refractivity contribution in [3.05, 3.63) is 76.4 Å². The van der Waals surface area contributed by atoms with E-state index in [9.17, 15) is 5.11 Å². The van der Waals surface area contributed by atoms with E-state index in [0.717, 1.165) is 32.6 Å². The molecule has 1 aliphatic rings. The van der Waals surface area contributed by atoms with Crippen molar-refractivity contribution in [2.24, 2.45) is 4.99 Å². The largest absolute Gasteiger partial charge is 0.508 e. The second-order valence-corrected chi connectivity index (χ2v) is 7.60. The predicted molar refractivity (Wildman–Crippen MR) is 103 cm³/mol. The Morgan fingerprint density at radius 1 is 1.16 bits per heavy atom. The number of rotatable bonds is 3. The zero-order chi connectivity index (χ0) is 17.4. The number of nitrogens with zero attached hydrogens (tertiary/aromatic N) is 3. The molecule has 126 valence electrons. The number of aromatic hydroxyl groups is 1. The monoisotopic (exact) mass is 369 g/mol. The van der Waals surface area contributed by atoms with Crippen LogP contribution in [0.1, 0.15) is 28.9 Å². The highest BCUT2D eigenvalue weighted by Crippen LogP contribution is 2.45. The van der Waals surface area contributed by atoms with E-state index in [-0.39, 0.29) is 11.0 Å². The normalized spacial score (nSPS) is 16.4. The van der Waals surface area contributed by atoms with Crippen LogP contribution in [0.4, 0.5) is 5.82 Å². The van der Waals surface area contributed by atoms with Crippen LogP contribution in [0, 0.1) is 0 Å². The lowest BCUT2D eigenvalue weighted by atomic mass is 10.1. The summed E-state index contributed by atoms with van der Waals surface area (Å²) in [4.78, 5) is 4.71. The van der Waals surface area contributed by atoms with Crippen molar-refractivity contribution in [1.29, 1.82) is 0 Å². The Morgan fingerprint density at radius 2 is 1.92 bits per heavy atom. The summed E-state index contributed by atoms with van der Waals surface area (Å²) in [6, 6.07) is 15.1. The van der Waals surface area contributed by atoms with Crippen LogP contribution in [0.25, 0.3) is 0 Å². The van der Waals surface area contributed by atoms with Gasteiger partial charge < -0.3 is 5.11 Å². The van der Waals surface area contributed by atoms with E-state index >= 15 is 0 Å². The summed E-state index contributed by atoms with van der Waals surface area (Å²) in [6.07, 6.45) is 1.88. The molecule has 25 heavy (non-hydrogen) atoms. The molecule has 0 saturated heterocycles. The van der Waals surface area contributed by atoms with Crippen LogP contribution in [-0.4, -0.2) is 19.9 Å². The van der Waals surface area contributed by atoms with Gasteiger partial charge in [0.2, 0.25) is 0 Å². The maximum absolute atomic E-state index is 9.54. The van der Waals surface area contributed by atoms with Gasteiger partial charge in [-0.05, 0) is 36.2 Å². The number of hydrogen-bond donors (Lipinski definition) is 1. The third-order valence-electron chi connectivity index (χ3n) is 4.15. The first kappa shape index (κ1) is 16.2. The minimum absolute atomic E-state index is 0.119. The number of phenols is 1. The molecule has 0 aliphatic carbocycles. The molecule has 1 N–H and O–H groups in total. The topological polar surface area (TPSA) is 50.4 Å². The Bertz CT molecular complexity index is 950. The molecule has 0 unspecified atom stereocenters. The van der Waals surface area contributed by atoms with Crippen molar-refractivity contribution < 1.29 is 5.11 Å². The zero-order valence-electron chi connectivity index (χ0n) is 13.6. The molecule has 0 amide bonds. The fourth-order valence-electron chi connectivity index (χ4n) is 2.91. The number of halogens is 1. The lowest BCUT2D eigenvalue weighted by molar-refractivity contribution is 0.475. The van der Waals surface area contributed by atoms with Crippen molar-refractivity contribution in [3.63, 3.8) is 0 Å². The van der Waals surface area contributed by atoms with Gasteiger partial charge in [0.25, 0.3) is 0 Å². The van der Waals surface area contributed by atoms with Crippen LogP contribution >= 0.6 is 23.4 Å². The molecule has 0 radical (unpaired) electrons. The minimum Gasteiger partial charge on any atom is -0.508 e. The van der Waals surface area contributed by atoms with E-state index < -0.39 is 0 Å². The van der Waals surface area contributed by atoms with Gasteiger partial charge in [-0.25, -0.2) is 9.67 Å². The highest BCUT2D eigenvalue weighted by Gasteiger charge is 2.27. The molecule has 4 rings (SSSR count). The highest BCUT2D eigenvalue weighted by molar-refractivity contribution is 8.14. The molecule has 1 atom stereocenters. The van der Waals surface area contributed by atoms with E-state index in [1.807, 2.05) is 54.2 Å². The van der Waals surface area contributed by atoms with E-state index in [4.69, 9.17) is 16.6 Å². The lowest BCUT2D eigenvalue weighted by Gasteiger charge is -2.21. The maximum Gasteiger partial charge on any atom is 0.156 e.